The van der Waals surface area contributed by atoms with Gasteiger partial charge in [-0.1, -0.05) is 0 Å². The minimum Gasteiger partial charge on any atom is -0.337 e. The first-order chi connectivity index (χ1) is 9.02. The van der Waals surface area contributed by atoms with E-state index in [0.29, 0.717) is 23.7 Å². The van der Waals surface area contributed by atoms with Crippen LogP contribution in [0.5, 0.6) is 0 Å². The fraction of sp³-hybridized carbons (Fsp3) is 0.462. The van der Waals surface area contributed by atoms with E-state index in [0.717, 1.165) is 13.0 Å². The van der Waals surface area contributed by atoms with Crippen LogP contribution in [-0.2, 0) is 0 Å². The van der Waals surface area contributed by atoms with E-state index < -0.39 is 4.92 Å². The molecule has 0 saturated carbocycles. The van der Waals surface area contributed by atoms with Crippen LogP contribution >= 0.6 is 12.4 Å². The number of non-ortho nitro benzene ring substituents is 1. The minimum absolute atomic E-state index is 0. The lowest BCUT2D eigenvalue weighted by molar-refractivity contribution is -0.384. The lowest BCUT2D eigenvalue weighted by atomic mass is 10.1. The standard InChI is InChI=1S/C13H17N3O3.ClH/c1-9-7-11(16(18)19)3-4-12(9)13(17)15-6-5-10(8-15)14-2;/h3-4,7,10,14H,5-6,8H2,1-2H3;1H. The molecule has 1 heterocycles. The van der Waals surface area contributed by atoms with Crippen molar-refractivity contribution in [3.05, 3.63) is 39.4 Å². The average Bonchev–Trinajstić information content (AvgIpc) is 2.86. The summed E-state index contributed by atoms with van der Waals surface area (Å²) in [4.78, 5) is 24.3. The first kappa shape index (κ1) is 16.4. The van der Waals surface area contributed by atoms with Crippen molar-refractivity contribution in [2.24, 2.45) is 0 Å². The second-order valence-corrected chi connectivity index (χ2v) is 4.78. The van der Waals surface area contributed by atoms with Gasteiger partial charge in [-0.15, -0.1) is 12.4 Å². The van der Waals surface area contributed by atoms with Gasteiger partial charge in [0.2, 0.25) is 0 Å². The maximum atomic E-state index is 12.3. The molecule has 0 bridgehead atoms. The highest BCUT2D eigenvalue weighted by Crippen LogP contribution is 2.20. The Morgan fingerprint density at radius 3 is 2.70 bits per heavy atom. The lowest BCUT2D eigenvalue weighted by Crippen LogP contribution is -2.33. The number of likely N-dealkylation sites (N-methyl/N-ethyl adjacent to an activating group) is 1. The molecule has 0 aliphatic carbocycles. The second-order valence-electron chi connectivity index (χ2n) is 4.78. The number of nitrogens with one attached hydrogen (secondary N) is 1. The van der Waals surface area contributed by atoms with Gasteiger partial charge in [-0.3, -0.25) is 14.9 Å². The van der Waals surface area contributed by atoms with Crippen molar-refractivity contribution in [3.63, 3.8) is 0 Å². The van der Waals surface area contributed by atoms with Gasteiger partial charge >= 0.3 is 0 Å². The fourth-order valence-corrected chi connectivity index (χ4v) is 2.35. The van der Waals surface area contributed by atoms with E-state index in [1.807, 2.05) is 7.05 Å². The number of rotatable bonds is 3. The molecule has 0 radical (unpaired) electrons. The molecule has 1 aromatic carbocycles. The number of hydrogen-bond acceptors (Lipinski definition) is 4. The summed E-state index contributed by atoms with van der Waals surface area (Å²) in [6, 6.07) is 4.70. The van der Waals surface area contributed by atoms with Crippen molar-refractivity contribution in [2.75, 3.05) is 20.1 Å². The molecule has 1 aromatic rings. The van der Waals surface area contributed by atoms with Crippen LogP contribution in [0.2, 0.25) is 0 Å². The number of halogens is 1. The SMILES string of the molecule is CNC1CCN(C(=O)c2ccc([N+](=O)[O-])cc2C)C1.Cl. The van der Waals surface area contributed by atoms with E-state index in [2.05, 4.69) is 5.32 Å². The van der Waals surface area contributed by atoms with E-state index in [4.69, 9.17) is 0 Å². The van der Waals surface area contributed by atoms with Gasteiger partial charge in [0.05, 0.1) is 4.92 Å². The Hall–Kier alpha value is -1.66. The van der Waals surface area contributed by atoms with Gasteiger partial charge in [0.1, 0.15) is 0 Å². The molecular formula is C13H18ClN3O3. The number of carbonyl (C=O) groups excluding carboxylic acids is 1. The van der Waals surface area contributed by atoms with Gasteiger partial charge in [-0.2, -0.15) is 0 Å². The molecule has 1 saturated heterocycles. The van der Waals surface area contributed by atoms with Crippen LogP contribution in [0, 0.1) is 17.0 Å². The van der Waals surface area contributed by atoms with Crippen LogP contribution in [0.25, 0.3) is 0 Å². The molecule has 20 heavy (non-hydrogen) atoms. The quantitative estimate of drug-likeness (QED) is 0.681. The van der Waals surface area contributed by atoms with Crippen LogP contribution in [0.4, 0.5) is 5.69 Å². The number of nitro benzene ring substituents is 1. The predicted molar refractivity (Wildman–Crippen MR) is 78.4 cm³/mol. The number of hydrogen-bond donors (Lipinski definition) is 1. The number of nitro groups is 1. The molecule has 1 aliphatic rings. The van der Waals surface area contributed by atoms with Gasteiger partial charge in [-0.05, 0) is 32.0 Å². The Morgan fingerprint density at radius 1 is 1.50 bits per heavy atom. The van der Waals surface area contributed by atoms with Crippen LogP contribution in [0.3, 0.4) is 0 Å². The zero-order valence-corrected chi connectivity index (χ0v) is 12.3. The highest BCUT2D eigenvalue weighted by Gasteiger charge is 2.27. The number of amides is 1. The normalized spacial score (nSPS) is 17.7. The molecule has 1 N–H and O–H groups in total. The maximum Gasteiger partial charge on any atom is 0.269 e. The molecule has 1 amide bonds. The summed E-state index contributed by atoms with van der Waals surface area (Å²) in [6.45, 7) is 3.14. The predicted octanol–water partition coefficient (Wildman–Crippen LogP) is 1.76. The highest BCUT2D eigenvalue weighted by atomic mass is 35.5. The molecule has 0 aromatic heterocycles. The topological polar surface area (TPSA) is 75.5 Å². The van der Waals surface area contributed by atoms with Gasteiger partial charge in [0.15, 0.2) is 0 Å². The Morgan fingerprint density at radius 2 is 2.20 bits per heavy atom. The number of nitrogens with zero attached hydrogens (tertiary/aromatic N) is 2. The first-order valence-corrected chi connectivity index (χ1v) is 6.24. The van der Waals surface area contributed by atoms with E-state index in [-0.39, 0.29) is 24.0 Å². The highest BCUT2D eigenvalue weighted by molar-refractivity contribution is 5.96. The summed E-state index contributed by atoms with van der Waals surface area (Å²) in [7, 11) is 1.88. The van der Waals surface area contributed by atoms with Crippen LogP contribution < -0.4 is 5.32 Å². The number of benzene rings is 1. The van der Waals surface area contributed by atoms with Crippen molar-refractivity contribution in [3.8, 4) is 0 Å². The number of aryl methyl sites for hydroxylation is 1. The summed E-state index contributed by atoms with van der Waals surface area (Å²) in [5.74, 6) is -0.0508. The Kier molecular flexibility index (Phi) is 5.47. The van der Waals surface area contributed by atoms with Gasteiger partial charge in [0.25, 0.3) is 11.6 Å². The van der Waals surface area contributed by atoms with Crippen LogP contribution in [-0.4, -0.2) is 41.9 Å². The monoisotopic (exact) mass is 299 g/mol. The molecular weight excluding hydrogens is 282 g/mol. The number of likely N-dealkylation sites (tertiary alicyclic amines) is 1. The molecule has 6 nitrogen and oxygen atoms in total. The van der Waals surface area contributed by atoms with Crippen LogP contribution in [0.15, 0.2) is 18.2 Å². The average molecular weight is 300 g/mol. The van der Waals surface area contributed by atoms with E-state index in [1.54, 1.807) is 17.9 Å². The molecule has 0 spiro atoms. The van der Waals surface area contributed by atoms with Crippen molar-refractivity contribution in [1.29, 1.82) is 0 Å². The summed E-state index contributed by atoms with van der Waals surface area (Å²) >= 11 is 0. The second kappa shape index (κ2) is 6.67. The van der Waals surface area contributed by atoms with E-state index >= 15 is 0 Å². The molecule has 1 aliphatic heterocycles. The smallest absolute Gasteiger partial charge is 0.269 e. The zero-order valence-electron chi connectivity index (χ0n) is 11.5. The van der Waals surface area contributed by atoms with Crippen LogP contribution in [0.1, 0.15) is 22.3 Å². The Bertz CT molecular complexity index is 522. The summed E-state index contributed by atoms with van der Waals surface area (Å²) in [6.07, 6.45) is 0.939. The summed E-state index contributed by atoms with van der Waals surface area (Å²) in [5, 5.41) is 13.8. The summed E-state index contributed by atoms with van der Waals surface area (Å²) < 4.78 is 0. The third-order valence-corrected chi connectivity index (χ3v) is 3.53. The number of carbonyl (C=O) groups is 1. The largest absolute Gasteiger partial charge is 0.337 e. The molecule has 1 unspecified atom stereocenters. The van der Waals surface area contributed by atoms with Gasteiger partial charge in [-0.25, -0.2) is 0 Å². The fourth-order valence-electron chi connectivity index (χ4n) is 2.35. The molecule has 7 heteroatoms. The van der Waals surface area contributed by atoms with Crippen molar-refractivity contribution in [2.45, 2.75) is 19.4 Å². The third-order valence-electron chi connectivity index (χ3n) is 3.53. The van der Waals surface area contributed by atoms with Gasteiger partial charge < -0.3 is 10.2 Å². The Labute approximate surface area is 123 Å². The first-order valence-electron chi connectivity index (χ1n) is 6.24. The van der Waals surface area contributed by atoms with Crippen molar-refractivity contribution < 1.29 is 9.72 Å². The van der Waals surface area contributed by atoms with Crippen molar-refractivity contribution >= 4 is 24.0 Å². The minimum atomic E-state index is -0.450. The third kappa shape index (κ3) is 3.26. The molecule has 110 valence electrons. The van der Waals surface area contributed by atoms with E-state index in [9.17, 15) is 14.9 Å². The lowest BCUT2D eigenvalue weighted by Gasteiger charge is -2.17. The Balaban J connectivity index is 0.00000200. The zero-order chi connectivity index (χ0) is 14.0. The molecule has 2 rings (SSSR count). The van der Waals surface area contributed by atoms with E-state index in [1.165, 1.54) is 12.1 Å². The summed E-state index contributed by atoms with van der Waals surface area (Å²) in [5.41, 5.74) is 1.21. The van der Waals surface area contributed by atoms with Gasteiger partial charge in [0, 0.05) is 36.8 Å². The van der Waals surface area contributed by atoms with Crippen molar-refractivity contribution in [1.82, 2.24) is 10.2 Å². The maximum absolute atomic E-state index is 12.3. The molecule has 1 atom stereocenters. The molecule has 1 fully saturated rings.